The van der Waals surface area contributed by atoms with Gasteiger partial charge in [0.05, 0.1) is 6.04 Å². The lowest BCUT2D eigenvalue weighted by molar-refractivity contribution is -0.142. The van der Waals surface area contributed by atoms with Crippen LogP contribution in [-0.4, -0.2) is 77.1 Å². The third-order valence-corrected chi connectivity index (χ3v) is 6.26. The highest BCUT2D eigenvalue weighted by molar-refractivity contribution is 5.94. The molecule has 0 aliphatic carbocycles. The van der Waals surface area contributed by atoms with E-state index in [2.05, 4.69) is 21.3 Å². The molecule has 1 heterocycles. The van der Waals surface area contributed by atoms with E-state index >= 15 is 0 Å². The normalized spacial score (nSPS) is 17.1. The molecule has 4 unspecified atom stereocenters. The molecule has 13 heteroatoms. The Morgan fingerprint density at radius 3 is 2.13 bits per heavy atom. The number of phenolic OH excluding ortho intramolecular Hbond substituents is 1. The van der Waals surface area contributed by atoms with E-state index in [1.165, 1.54) is 24.3 Å². The van der Waals surface area contributed by atoms with Crippen LogP contribution in [0.3, 0.4) is 0 Å². The molecule has 1 aliphatic heterocycles. The van der Waals surface area contributed by atoms with Crippen molar-refractivity contribution in [2.75, 3.05) is 13.1 Å². The fraction of sp³-hybridized carbons (Fsp3) is 0.560. The topological polar surface area (TPSA) is 226 Å². The number of nitrogens with one attached hydrogen (secondary N) is 4. The van der Waals surface area contributed by atoms with Gasteiger partial charge in [-0.2, -0.15) is 0 Å². The molecular weight excluding hydrogens is 496 g/mol. The van der Waals surface area contributed by atoms with Gasteiger partial charge in [0.2, 0.25) is 23.6 Å². The molecule has 0 spiro atoms. The second-order valence-corrected chi connectivity index (χ2v) is 9.33. The monoisotopic (exact) mass is 534 g/mol. The number of aliphatic carboxylic acids is 1. The Bertz CT molecular complexity index is 965. The molecular formula is C25H38N6O7. The van der Waals surface area contributed by atoms with Crippen molar-refractivity contribution in [1.82, 2.24) is 21.3 Å². The zero-order valence-electron chi connectivity index (χ0n) is 21.3. The van der Waals surface area contributed by atoms with E-state index in [-0.39, 0.29) is 37.3 Å². The van der Waals surface area contributed by atoms with E-state index in [0.29, 0.717) is 37.9 Å². The Labute approximate surface area is 221 Å². The molecule has 0 bridgehead atoms. The van der Waals surface area contributed by atoms with Gasteiger partial charge in [0.1, 0.15) is 23.9 Å². The van der Waals surface area contributed by atoms with Crippen LogP contribution in [0.25, 0.3) is 0 Å². The van der Waals surface area contributed by atoms with Gasteiger partial charge in [-0.25, -0.2) is 4.79 Å². The van der Waals surface area contributed by atoms with Gasteiger partial charge < -0.3 is 42.9 Å². The van der Waals surface area contributed by atoms with Crippen molar-refractivity contribution in [3.05, 3.63) is 29.8 Å². The number of hydrogen-bond acceptors (Lipinski definition) is 8. The molecule has 13 nitrogen and oxygen atoms in total. The summed E-state index contributed by atoms with van der Waals surface area (Å²) in [5, 5.41) is 29.8. The number of hydrogen-bond donors (Lipinski definition) is 8. The molecule has 4 amide bonds. The van der Waals surface area contributed by atoms with E-state index in [1.54, 1.807) is 0 Å². The van der Waals surface area contributed by atoms with Crippen LogP contribution in [0.4, 0.5) is 0 Å². The molecule has 4 atom stereocenters. The van der Waals surface area contributed by atoms with E-state index in [0.717, 1.165) is 6.42 Å². The first-order chi connectivity index (χ1) is 18.1. The number of phenols is 1. The summed E-state index contributed by atoms with van der Waals surface area (Å²) in [6.07, 6.45) is 2.48. The first-order valence-corrected chi connectivity index (χ1v) is 12.7. The van der Waals surface area contributed by atoms with Crippen LogP contribution in [0.2, 0.25) is 0 Å². The van der Waals surface area contributed by atoms with E-state index in [1.807, 2.05) is 0 Å². The van der Waals surface area contributed by atoms with Gasteiger partial charge in [-0.3, -0.25) is 19.2 Å². The largest absolute Gasteiger partial charge is 0.508 e. The lowest BCUT2D eigenvalue weighted by atomic mass is 10.0. The number of carbonyl (C=O) groups is 5. The van der Waals surface area contributed by atoms with Gasteiger partial charge in [0, 0.05) is 12.8 Å². The van der Waals surface area contributed by atoms with Crippen molar-refractivity contribution in [3.8, 4) is 5.75 Å². The first-order valence-electron chi connectivity index (χ1n) is 12.7. The van der Waals surface area contributed by atoms with Crippen LogP contribution >= 0.6 is 0 Å². The minimum Gasteiger partial charge on any atom is -0.508 e. The minimum absolute atomic E-state index is 0.00992. The average Bonchev–Trinajstić information content (AvgIpc) is 3.41. The first kappa shape index (κ1) is 30.5. The SMILES string of the molecule is NCCCCC(NC(=O)C1CCCN1)C(=O)NC(CCC(N)=O)C(=O)NC(Cc1ccc(O)cc1)C(=O)O. The van der Waals surface area contributed by atoms with Gasteiger partial charge in [-0.15, -0.1) is 0 Å². The highest BCUT2D eigenvalue weighted by Gasteiger charge is 2.31. The number of benzene rings is 1. The predicted octanol–water partition coefficient (Wildman–Crippen LogP) is -1.38. The number of carbonyl (C=O) groups excluding carboxylic acids is 4. The smallest absolute Gasteiger partial charge is 0.326 e. The Kier molecular flexibility index (Phi) is 12.5. The predicted molar refractivity (Wildman–Crippen MR) is 138 cm³/mol. The molecule has 0 saturated carbocycles. The molecule has 0 aromatic heterocycles. The van der Waals surface area contributed by atoms with Crippen LogP contribution < -0.4 is 32.7 Å². The summed E-state index contributed by atoms with van der Waals surface area (Å²) in [7, 11) is 0. The standard InChI is InChI=1S/C25H38N6O7/c26-12-2-1-4-18(29-22(34)17-5-3-13-28-17)23(35)30-19(10-11-21(27)33)24(36)31-20(25(37)38)14-15-6-8-16(32)9-7-15/h6-9,17-20,28,32H,1-5,10-14,26H2,(H2,27,33)(H,29,34)(H,30,35)(H,31,36)(H,37,38). The molecule has 1 saturated heterocycles. The van der Waals surface area contributed by atoms with Crippen molar-refractivity contribution in [3.63, 3.8) is 0 Å². The number of primary amides is 1. The van der Waals surface area contributed by atoms with Crippen LogP contribution in [0.1, 0.15) is 50.5 Å². The maximum atomic E-state index is 13.2. The highest BCUT2D eigenvalue weighted by atomic mass is 16.4. The van der Waals surface area contributed by atoms with Crippen LogP contribution in [-0.2, 0) is 30.4 Å². The summed E-state index contributed by atoms with van der Waals surface area (Å²) in [5.41, 5.74) is 11.3. The Morgan fingerprint density at radius 1 is 0.947 bits per heavy atom. The van der Waals surface area contributed by atoms with Crippen molar-refractivity contribution in [2.24, 2.45) is 11.5 Å². The fourth-order valence-corrected chi connectivity index (χ4v) is 4.11. The molecule has 0 radical (unpaired) electrons. The second kappa shape index (κ2) is 15.5. The fourth-order valence-electron chi connectivity index (χ4n) is 4.11. The third-order valence-electron chi connectivity index (χ3n) is 6.26. The van der Waals surface area contributed by atoms with Crippen LogP contribution in [0.15, 0.2) is 24.3 Å². The molecule has 2 rings (SSSR count). The van der Waals surface area contributed by atoms with Gasteiger partial charge in [-0.1, -0.05) is 12.1 Å². The summed E-state index contributed by atoms with van der Waals surface area (Å²) < 4.78 is 0. The van der Waals surface area contributed by atoms with E-state index < -0.39 is 47.9 Å². The number of carboxylic acids is 1. The zero-order chi connectivity index (χ0) is 28.1. The van der Waals surface area contributed by atoms with Gasteiger partial charge in [-0.05, 0) is 69.3 Å². The van der Waals surface area contributed by atoms with Crippen molar-refractivity contribution >= 4 is 29.6 Å². The lowest BCUT2D eigenvalue weighted by Crippen LogP contribution is -2.57. The molecule has 1 aromatic rings. The molecule has 10 N–H and O–H groups in total. The molecule has 210 valence electrons. The Hall–Kier alpha value is -3.71. The number of nitrogens with two attached hydrogens (primary N) is 2. The summed E-state index contributed by atoms with van der Waals surface area (Å²) in [4.78, 5) is 62.1. The molecule has 1 fully saturated rings. The summed E-state index contributed by atoms with van der Waals surface area (Å²) >= 11 is 0. The maximum absolute atomic E-state index is 13.2. The van der Waals surface area contributed by atoms with Crippen LogP contribution in [0.5, 0.6) is 5.75 Å². The van der Waals surface area contributed by atoms with Gasteiger partial charge in [0.15, 0.2) is 0 Å². The summed E-state index contributed by atoms with van der Waals surface area (Å²) in [5.74, 6) is -3.76. The number of amides is 4. The van der Waals surface area contributed by atoms with Crippen molar-refractivity contribution in [1.29, 1.82) is 0 Å². The van der Waals surface area contributed by atoms with Gasteiger partial charge >= 0.3 is 5.97 Å². The molecule has 1 aromatic carbocycles. The molecule has 1 aliphatic rings. The quantitative estimate of drug-likeness (QED) is 0.117. The van der Waals surface area contributed by atoms with Crippen molar-refractivity contribution in [2.45, 2.75) is 75.5 Å². The highest BCUT2D eigenvalue weighted by Crippen LogP contribution is 2.12. The van der Waals surface area contributed by atoms with Crippen molar-refractivity contribution < 1.29 is 34.2 Å². The van der Waals surface area contributed by atoms with E-state index in [4.69, 9.17) is 11.5 Å². The number of unbranched alkanes of at least 4 members (excludes halogenated alkanes) is 1. The summed E-state index contributed by atoms with van der Waals surface area (Å²) in [6.45, 7) is 1.11. The summed E-state index contributed by atoms with van der Waals surface area (Å²) in [6, 6.07) is 1.87. The number of carboxylic acid groups (broad SMARTS) is 1. The second-order valence-electron chi connectivity index (χ2n) is 9.33. The number of rotatable bonds is 16. The average molecular weight is 535 g/mol. The van der Waals surface area contributed by atoms with Gasteiger partial charge in [0.25, 0.3) is 0 Å². The maximum Gasteiger partial charge on any atom is 0.326 e. The third kappa shape index (κ3) is 10.3. The van der Waals surface area contributed by atoms with E-state index in [9.17, 15) is 34.2 Å². The minimum atomic E-state index is -1.34. The zero-order valence-corrected chi connectivity index (χ0v) is 21.3. The lowest BCUT2D eigenvalue weighted by Gasteiger charge is -2.25. The Balaban J connectivity index is 2.13. The molecule has 38 heavy (non-hydrogen) atoms. The van der Waals surface area contributed by atoms with Crippen LogP contribution in [0, 0.1) is 0 Å². The number of aromatic hydroxyl groups is 1. The Morgan fingerprint density at radius 2 is 1.58 bits per heavy atom.